The van der Waals surface area contributed by atoms with E-state index in [0.717, 1.165) is 22.0 Å². The molecule has 0 atom stereocenters. The normalized spacial score (nSPS) is 14.4. The molecule has 1 saturated heterocycles. The summed E-state index contributed by atoms with van der Waals surface area (Å²) in [6, 6.07) is 12.2. The number of piperazine rings is 1. The summed E-state index contributed by atoms with van der Waals surface area (Å²) < 4.78 is 13.8. The van der Waals surface area contributed by atoms with E-state index in [9.17, 15) is 14.0 Å². The summed E-state index contributed by atoms with van der Waals surface area (Å²) in [5.41, 5.74) is 3.47. The molecule has 32 heavy (non-hydrogen) atoms. The van der Waals surface area contributed by atoms with Gasteiger partial charge in [-0.15, -0.1) is 11.3 Å². The summed E-state index contributed by atoms with van der Waals surface area (Å²) in [4.78, 5) is 33.4. The molecule has 1 fully saturated rings. The van der Waals surface area contributed by atoms with Crippen LogP contribution < -0.4 is 5.32 Å². The number of amides is 2. The second-order valence-corrected chi connectivity index (χ2v) is 8.98. The van der Waals surface area contributed by atoms with Crippen molar-refractivity contribution >= 4 is 28.8 Å². The van der Waals surface area contributed by atoms with Gasteiger partial charge in [0.15, 0.2) is 0 Å². The van der Waals surface area contributed by atoms with Gasteiger partial charge >= 0.3 is 0 Å². The Kier molecular flexibility index (Phi) is 6.62. The monoisotopic (exact) mass is 452 g/mol. The van der Waals surface area contributed by atoms with Crippen molar-refractivity contribution in [3.63, 3.8) is 0 Å². The lowest BCUT2D eigenvalue weighted by molar-refractivity contribution is -0.117. The van der Waals surface area contributed by atoms with E-state index in [1.165, 1.54) is 6.07 Å². The molecule has 2 amide bonds. The van der Waals surface area contributed by atoms with Crippen molar-refractivity contribution in [1.29, 1.82) is 0 Å². The van der Waals surface area contributed by atoms with E-state index in [-0.39, 0.29) is 24.2 Å². The zero-order chi connectivity index (χ0) is 22.7. The van der Waals surface area contributed by atoms with Gasteiger partial charge in [0.25, 0.3) is 5.91 Å². The lowest BCUT2D eigenvalue weighted by Crippen LogP contribution is -2.50. The highest BCUT2D eigenvalue weighted by Crippen LogP contribution is 2.24. The second-order valence-electron chi connectivity index (χ2n) is 7.91. The van der Waals surface area contributed by atoms with Crippen LogP contribution in [0.25, 0.3) is 11.3 Å². The van der Waals surface area contributed by atoms with E-state index in [1.807, 2.05) is 41.5 Å². The molecule has 8 heteroatoms. The third-order valence-electron chi connectivity index (χ3n) is 5.51. The highest BCUT2D eigenvalue weighted by atomic mass is 32.1. The van der Waals surface area contributed by atoms with Gasteiger partial charge in [-0.1, -0.05) is 18.2 Å². The molecule has 4 rings (SSSR count). The van der Waals surface area contributed by atoms with E-state index in [0.29, 0.717) is 37.3 Å². The van der Waals surface area contributed by atoms with Crippen molar-refractivity contribution in [3.8, 4) is 11.3 Å². The van der Waals surface area contributed by atoms with Crippen molar-refractivity contribution < 1.29 is 14.0 Å². The van der Waals surface area contributed by atoms with Crippen LogP contribution in [0.15, 0.2) is 47.8 Å². The first-order chi connectivity index (χ1) is 15.4. The summed E-state index contributed by atoms with van der Waals surface area (Å²) in [6.07, 6.45) is 0. The summed E-state index contributed by atoms with van der Waals surface area (Å²) in [5, 5.41) is 5.95. The van der Waals surface area contributed by atoms with Gasteiger partial charge in [0.1, 0.15) is 5.82 Å². The summed E-state index contributed by atoms with van der Waals surface area (Å²) in [7, 11) is 0. The SMILES string of the molecule is Cc1nc(-c2cccc(NC(=O)CN3CCN(C(=O)c4ccc(C)c(F)c4)CC3)c2)cs1. The Morgan fingerprint density at radius 3 is 2.56 bits per heavy atom. The maximum Gasteiger partial charge on any atom is 0.254 e. The van der Waals surface area contributed by atoms with Crippen LogP contribution in [-0.2, 0) is 4.79 Å². The number of aromatic nitrogens is 1. The molecule has 2 aromatic carbocycles. The second kappa shape index (κ2) is 9.58. The molecule has 1 aliphatic heterocycles. The molecule has 3 aromatic rings. The van der Waals surface area contributed by atoms with Gasteiger partial charge in [0, 0.05) is 48.4 Å². The first kappa shape index (κ1) is 22.1. The Bertz CT molecular complexity index is 1140. The maximum absolute atomic E-state index is 13.8. The van der Waals surface area contributed by atoms with Crippen LogP contribution in [0.3, 0.4) is 0 Å². The van der Waals surface area contributed by atoms with Gasteiger partial charge in [0.2, 0.25) is 5.91 Å². The molecule has 166 valence electrons. The minimum atomic E-state index is -0.375. The standard InChI is InChI=1S/C24H25FN4O2S/c1-16-6-7-19(13-21(16)25)24(31)29-10-8-28(9-11-29)14-23(30)27-20-5-3-4-18(12-20)22-15-32-17(2)26-22/h3-7,12-13,15H,8-11,14H2,1-2H3,(H,27,30). The number of carbonyl (C=O) groups is 2. The van der Waals surface area contributed by atoms with Crippen molar-refractivity contribution in [2.24, 2.45) is 0 Å². The molecule has 0 spiro atoms. The van der Waals surface area contributed by atoms with Gasteiger partial charge in [-0.2, -0.15) is 0 Å². The van der Waals surface area contributed by atoms with E-state index in [1.54, 1.807) is 35.3 Å². The fourth-order valence-corrected chi connectivity index (χ4v) is 4.30. The van der Waals surface area contributed by atoms with Crippen LogP contribution in [0.2, 0.25) is 0 Å². The number of rotatable bonds is 5. The number of hydrogen-bond acceptors (Lipinski definition) is 5. The van der Waals surface area contributed by atoms with Crippen molar-refractivity contribution in [1.82, 2.24) is 14.8 Å². The van der Waals surface area contributed by atoms with Gasteiger partial charge < -0.3 is 10.2 Å². The number of hydrogen-bond donors (Lipinski definition) is 1. The maximum atomic E-state index is 13.8. The van der Waals surface area contributed by atoms with E-state index >= 15 is 0 Å². The topological polar surface area (TPSA) is 65.5 Å². The number of aryl methyl sites for hydroxylation is 2. The molecular formula is C24H25FN4O2S. The molecule has 0 bridgehead atoms. The first-order valence-corrected chi connectivity index (χ1v) is 11.4. The summed E-state index contributed by atoms with van der Waals surface area (Å²) >= 11 is 1.59. The van der Waals surface area contributed by atoms with Gasteiger partial charge in [0.05, 0.1) is 17.2 Å². The third-order valence-corrected chi connectivity index (χ3v) is 6.28. The highest BCUT2D eigenvalue weighted by molar-refractivity contribution is 7.09. The molecule has 0 saturated carbocycles. The fourth-order valence-electron chi connectivity index (χ4n) is 3.67. The van der Waals surface area contributed by atoms with Crippen molar-refractivity contribution in [2.45, 2.75) is 13.8 Å². The molecule has 0 radical (unpaired) electrons. The smallest absolute Gasteiger partial charge is 0.254 e. The molecular weight excluding hydrogens is 427 g/mol. The number of thiazole rings is 1. The first-order valence-electron chi connectivity index (χ1n) is 10.5. The molecule has 0 unspecified atom stereocenters. The van der Waals surface area contributed by atoms with E-state index in [4.69, 9.17) is 0 Å². The van der Waals surface area contributed by atoms with Crippen molar-refractivity contribution in [2.75, 3.05) is 38.0 Å². The zero-order valence-electron chi connectivity index (χ0n) is 18.1. The predicted octanol–water partition coefficient (Wildman–Crippen LogP) is 3.96. The van der Waals surface area contributed by atoms with E-state index < -0.39 is 0 Å². The predicted molar refractivity (Wildman–Crippen MR) is 124 cm³/mol. The number of halogens is 1. The quantitative estimate of drug-likeness (QED) is 0.636. The molecule has 6 nitrogen and oxygen atoms in total. The highest BCUT2D eigenvalue weighted by Gasteiger charge is 2.23. The number of nitrogens with one attached hydrogen (secondary N) is 1. The van der Waals surface area contributed by atoms with Gasteiger partial charge in [-0.25, -0.2) is 9.37 Å². The lowest BCUT2D eigenvalue weighted by atomic mass is 10.1. The lowest BCUT2D eigenvalue weighted by Gasteiger charge is -2.34. The number of carbonyl (C=O) groups excluding carboxylic acids is 2. The Morgan fingerprint density at radius 1 is 1.09 bits per heavy atom. The van der Waals surface area contributed by atoms with Crippen molar-refractivity contribution in [3.05, 3.63) is 69.8 Å². The number of anilines is 1. The molecule has 1 N–H and O–H groups in total. The average Bonchev–Trinajstić information content (AvgIpc) is 3.22. The largest absolute Gasteiger partial charge is 0.336 e. The Balaban J connectivity index is 1.29. The van der Waals surface area contributed by atoms with Crippen LogP contribution in [0, 0.1) is 19.7 Å². The Hall–Kier alpha value is -3.10. The molecule has 1 aromatic heterocycles. The summed E-state index contributed by atoms with van der Waals surface area (Å²) in [5.74, 6) is -0.653. The number of benzene rings is 2. The third kappa shape index (κ3) is 5.20. The Morgan fingerprint density at radius 2 is 1.88 bits per heavy atom. The molecule has 2 heterocycles. The minimum absolute atomic E-state index is 0.100. The number of nitrogens with zero attached hydrogens (tertiary/aromatic N) is 3. The van der Waals surface area contributed by atoms with E-state index in [2.05, 4.69) is 10.3 Å². The zero-order valence-corrected chi connectivity index (χ0v) is 18.9. The van der Waals surface area contributed by atoms with Crippen LogP contribution in [0.1, 0.15) is 20.9 Å². The van der Waals surface area contributed by atoms with Gasteiger partial charge in [-0.3, -0.25) is 14.5 Å². The van der Waals surface area contributed by atoms with Crippen LogP contribution in [0.4, 0.5) is 10.1 Å². The van der Waals surface area contributed by atoms with Crippen LogP contribution in [0.5, 0.6) is 0 Å². The molecule has 1 aliphatic rings. The average molecular weight is 453 g/mol. The molecule has 0 aliphatic carbocycles. The minimum Gasteiger partial charge on any atom is -0.336 e. The fraction of sp³-hybridized carbons (Fsp3) is 0.292. The van der Waals surface area contributed by atoms with Crippen LogP contribution in [-0.4, -0.2) is 59.3 Å². The Labute approximate surface area is 190 Å². The van der Waals surface area contributed by atoms with Crippen LogP contribution >= 0.6 is 11.3 Å². The van der Waals surface area contributed by atoms with Gasteiger partial charge in [-0.05, 0) is 43.7 Å². The summed E-state index contributed by atoms with van der Waals surface area (Å²) in [6.45, 7) is 6.06.